The highest BCUT2D eigenvalue weighted by atomic mass is 19.1. The maximum atomic E-state index is 13.2. The molecule has 96 valence electrons. The summed E-state index contributed by atoms with van der Waals surface area (Å²) >= 11 is 0. The highest BCUT2D eigenvalue weighted by molar-refractivity contribution is 5.89. The van der Waals surface area contributed by atoms with Crippen LogP contribution in [0.3, 0.4) is 0 Å². The van der Waals surface area contributed by atoms with E-state index in [1.807, 2.05) is 13.0 Å². The molecule has 1 unspecified atom stereocenters. The fourth-order valence-electron chi connectivity index (χ4n) is 1.37. The third kappa shape index (κ3) is 4.01. The quantitative estimate of drug-likeness (QED) is 0.866. The molecule has 0 saturated carbocycles. The molecular weight excluding hydrogens is 240 g/mol. The number of benzene rings is 1. The van der Waals surface area contributed by atoms with Crippen molar-refractivity contribution in [1.29, 1.82) is 5.26 Å². The molecule has 0 aliphatic heterocycles. The van der Waals surface area contributed by atoms with Crippen LogP contribution < -0.4 is 10.6 Å². The van der Waals surface area contributed by atoms with E-state index in [2.05, 4.69) is 10.6 Å². The number of nitrogens with one attached hydrogen (secondary N) is 2. The summed E-state index contributed by atoms with van der Waals surface area (Å²) in [6.45, 7) is 1.88. The zero-order chi connectivity index (χ0) is 13.5. The Labute approximate surface area is 104 Å². The maximum absolute atomic E-state index is 13.2. The molecule has 6 heteroatoms. The molecule has 0 radical (unpaired) electrons. The Kier molecular flexibility index (Phi) is 5.06. The van der Waals surface area contributed by atoms with E-state index >= 15 is 0 Å². The van der Waals surface area contributed by atoms with Crippen LogP contribution in [-0.2, 0) is 0 Å². The lowest BCUT2D eigenvalue weighted by Crippen LogP contribution is -2.37. The largest absolute Gasteiger partial charge is 0.322 e. The van der Waals surface area contributed by atoms with Crippen molar-refractivity contribution in [2.24, 2.45) is 0 Å². The minimum atomic E-state index is -0.867. The van der Waals surface area contributed by atoms with Crippen molar-refractivity contribution >= 4 is 11.7 Å². The van der Waals surface area contributed by atoms with Gasteiger partial charge in [-0.1, -0.05) is 13.3 Å². The summed E-state index contributed by atoms with van der Waals surface area (Å²) in [5.74, 6) is -1.59. The molecule has 18 heavy (non-hydrogen) atoms. The standard InChI is InChI=1S/C12H13F2N3O/c1-2-3-9(7-15)16-12(18)17-11-5-4-8(13)6-10(11)14/h4-6,9H,2-3H2,1H3,(H2,16,17,18). The molecule has 2 N–H and O–H groups in total. The number of nitrogens with zero attached hydrogens (tertiary/aromatic N) is 1. The van der Waals surface area contributed by atoms with Gasteiger partial charge in [0.15, 0.2) is 0 Å². The van der Waals surface area contributed by atoms with Gasteiger partial charge >= 0.3 is 6.03 Å². The van der Waals surface area contributed by atoms with Gasteiger partial charge in [-0.15, -0.1) is 0 Å². The predicted molar refractivity (Wildman–Crippen MR) is 62.8 cm³/mol. The van der Waals surface area contributed by atoms with Crippen LogP contribution in [0.15, 0.2) is 18.2 Å². The molecule has 1 aromatic rings. The van der Waals surface area contributed by atoms with Crippen molar-refractivity contribution in [2.45, 2.75) is 25.8 Å². The van der Waals surface area contributed by atoms with E-state index in [1.54, 1.807) is 0 Å². The van der Waals surface area contributed by atoms with Crippen molar-refractivity contribution < 1.29 is 13.6 Å². The molecule has 1 aromatic carbocycles. The number of carbonyl (C=O) groups is 1. The lowest BCUT2D eigenvalue weighted by atomic mass is 10.2. The van der Waals surface area contributed by atoms with E-state index in [0.29, 0.717) is 12.5 Å². The SMILES string of the molecule is CCCC(C#N)NC(=O)Nc1ccc(F)cc1F. The van der Waals surface area contributed by atoms with Gasteiger partial charge in [-0.25, -0.2) is 13.6 Å². The number of carbonyl (C=O) groups excluding carboxylic acids is 1. The summed E-state index contributed by atoms with van der Waals surface area (Å²) in [4.78, 5) is 11.5. The van der Waals surface area contributed by atoms with Crippen molar-refractivity contribution in [1.82, 2.24) is 5.32 Å². The summed E-state index contributed by atoms with van der Waals surface area (Å²) in [5.41, 5.74) is -0.137. The summed E-state index contributed by atoms with van der Waals surface area (Å²) in [6.07, 6.45) is 1.25. The molecule has 0 aromatic heterocycles. The van der Waals surface area contributed by atoms with Crippen LogP contribution in [0.2, 0.25) is 0 Å². The van der Waals surface area contributed by atoms with Crippen molar-refractivity contribution in [3.05, 3.63) is 29.8 Å². The van der Waals surface area contributed by atoms with Crippen LogP contribution >= 0.6 is 0 Å². The Morgan fingerprint density at radius 1 is 1.50 bits per heavy atom. The Bertz CT molecular complexity index is 471. The molecule has 0 bridgehead atoms. The van der Waals surface area contributed by atoms with Crippen molar-refractivity contribution in [3.8, 4) is 6.07 Å². The van der Waals surface area contributed by atoms with Crippen LogP contribution in [0.1, 0.15) is 19.8 Å². The Morgan fingerprint density at radius 3 is 2.78 bits per heavy atom. The van der Waals surface area contributed by atoms with Crippen LogP contribution in [-0.4, -0.2) is 12.1 Å². The van der Waals surface area contributed by atoms with Gasteiger partial charge < -0.3 is 10.6 Å². The average Bonchev–Trinajstić information content (AvgIpc) is 2.32. The number of anilines is 1. The van der Waals surface area contributed by atoms with E-state index in [4.69, 9.17) is 5.26 Å². The first-order chi connectivity index (χ1) is 8.56. The first kappa shape index (κ1) is 13.9. The first-order valence-corrected chi connectivity index (χ1v) is 5.49. The van der Waals surface area contributed by atoms with Gasteiger partial charge in [-0.05, 0) is 18.6 Å². The number of hydrogen-bond acceptors (Lipinski definition) is 2. The normalized spacial score (nSPS) is 11.4. The molecule has 0 aliphatic carbocycles. The Morgan fingerprint density at radius 2 is 2.22 bits per heavy atom. The highest BCUT2D eigenvalue weighted by Gasteiger charge is 2.12. The van der Waals surface area contributed by atoms with Crippen molar-refractivity contribution in [2.75, 3.05) is 5.32 Å². The van der Waals surface area contributed by atoms with Gasteiger partial charge in [0, 0.05) is 6.07 Å². The van der Waals surface area contributed by atoms with E-state index in [9.17, 15) is 13.6 Å². The molecule has 0 saturated heterocycles. The van der Waals surface area contributed by atoms with Crippen LogP contribution in [0, 0.1) is 23.0 Å². The second-order valence-electron chi connectivity index (χ2n) is 3.69. The molecule has 0 aliphatic rings. The Hall–Kier alpha value is -2.16. The topological polar surface area (TPSA) is 64.9 Å². The number of rotatable bonds is 4. The number of amides is 2. The molecular formula is C12H13F2N3O. The lowest BCUT2D eigenvalue weighted by molar-refractivity contribution is 0.250. The van der Waals surface area contributed by atoms with Crippen LogP contribution in [0.25, 0.3) is 0 Å². The third-order valence-electron chi connectivity index (χ3n) is 2.22. The van der Waals surface area contributed by atoms with Gasteiger partial charge in [0.05, 0.1) is 11.8 Å². The second kappa shape index (κ2) is 6.55. The molecule has 1 rings (SSSR count). The summed E-state index contributed by atoms with van der Waals surface area (Å²) in [7, 11) is 0. The van der Waals surface area contributed by atoms with E-state index in [0.717, 1.165) is 18.6 Å². The Balaban J connectivity index is 2.62. The van der Waals surface area contributed by atoms with Crippen molar-refractivity contribution in [3.63, 3.8) is 0 Å². The van der Waals surface area contributed by atoms with Gasteiger partial charge in [0.2, 0.25) is 0 Å². The molecule has 1 atom stereocenters. The predicted octanol–water partition coefficient (Wildman–Crippen LogP) is 2.78. The zero-order valence-electron chi connectivity index (χ0n) is 9.84. The minimum absolute atomic E-state index is 0.137. The highest BCUT2D eigenvalue weighted by Crippen LogP contribution is 2.14. The van der Waals surface area contributed by atoms with Gasteiger partial charge in [-0.2, -0.15) is 5.26 Å². The smallest absolute Gasteiger partial charge is 0.320 e. The number of urea groups is 1. The van der Waals surface area contributed by atoms with Crippen LogP contribution in [0.4, 0.5) is 19.3 Å². The molecule has 0 fully saturated rings. The second-order valence-corrected chi connectivity index (χ2v) is 3.69. The third-order valence-corrected chi connectivity index (χ3v) is 2.22. The maximum Gasteiger partial charge on any atom is 0.320 e. The molecule has 0 spiro atoms. The lowest BCUT2D eigenvalue weighted by Gasteiger charge is -2.12. The molecule has 4 nitrogen and oxygen atoms in total. The molecule has 2 amide bonds. The van der Waals surface area contributed by atoms with E-state index < -0.39 is 23.7 Å². The fraction of sp³-hybridized carbons (Fsp3) is 0.333. The fourth-order valence-corrected chi connectivity index (χ4v) is 1.37. The zero-order valence-corrected chi connectivity index (χ0v) is 9.84. The monoisotopic (exact) mass is 253 g/mol. The molecule has 0 heterocycles. The minimum Gasteiger partial charge on any atom is -0.322 e. The van der Waals surface area contributed by atoms with Gasteiger partial charge in [0.25, 0.3) is 0 Å². The summed E-state index contributed by atoms with van der Waals surface area (Å²) in [5, 5.41) is 13.4. The summed E-state index contributed by atoms with van der Waals surface area (Å²) in [6, 6.07) is 3.42. The van der Waals surface area contributed by atoms with E-state index in [1.165, 1.54) is 0 Å². The number of hydrogen-bond donors (Lipinski definition) is 2. The summed E-state index contributed by atoms with van der Waals surface area (Å²) < 4.78 is 25.9. The first-order valence-electron chi connectivity index (χ1n) is 5.49. The average molecular weight is 253 g/mol. The van der Waals surface area contributed by atoms with Gasteiger partial charge in [-0.3, -0.25) is 0 Å². The van der Waals surface area contributed by atoms with E-state index in [-0.39, 0.29) is 5.69 Å². The van der Waals surface area contributed by atoms with Crippen LogP contribution in [0.5, 0.6) is 0 Å². The number of nitriles is 1. The number of halogens is 2. The van der Waals surface area contributed by atoms with Gasteiger partial charge in [0.1, 0.15) is 17.7 Å².